The predicted octanol–water partition coefficient (Wildman–Crippen LogP) is 1.42. The average molecular weight is 148 g/mol. The molecule has 0 aliphatic carbocycles. The van der Waals surface area contributed by atoms with Gasteiger partial charge in [0.1, 0.15) is 0 Å². The van der Waals surface area contributed by atoms with Gasteiger partial charge in [-0.1, -0.05) is 0 Å². The first-order valence-corrected chi connectivity index (χ1v) is 1.87. The predicted molar refractivity (Wildman–Crippen MR) is 19.0 cm³/mol. The van der Waals surface area contributed by atoms with Crippen LogP contribution in [-0.4, -0.2) is 20.0 Å². The van der Waals surface area contributed by atoms with Crippen molar-refractivity contribution in [3.63, 3.8) is 0 Å². The molecule has 0 fully saturated rings. The van der Waals surface area contributed by atoms with Crippen LogP contribution in [0, 0.1) is 0 Å². The van der Waals surface area contributed by atoms with Crippen molar-refractivity contribution in [2.45, 2.75) is 12.9 Å². The lowest BCUT2D eigenvalue weighted by molar-refractivity contribution is -0.401. The molecule has 0 aromatic carbocycles. The Labute approximate surface area is 48.4 Å². The number of halogens is 4. The largest absolute Gasteiger partial charge is 0.526 e. The molecule has 6 heteroatoms. The highest BCUT2D eigenvalue weighted by Crippen LogP contribution is 2.19. The van der Waals surface area contributed by atoms with E-state index in [-0.39, 0.29) is 0 Å². The van der Waals surface area contributed by atoms with Crippen molar-refractivity contribution in [3.05, 3.63) is 0 Å². The van der Waals surface area contributed by atoms with Gasteiger partial charge in [0.15, 0.2) is 0 Å². The minimum atomic E-state index is -4.98. The summed E-state index contributed by atoms with van der Waals surface area (Å²) in [6.07, 6.45) is -4.98. The summed E-state index contributed by atoms with van der Waals surface area (Å²) in [6, 6.07) is 0. The van der Waals surface area contributed by atoms with E-state index in [4.69, 9.17) is 0 Å². The Hall–Kier alpha value is -0.360. The lowest BCUT2D eigenvalue weighted by atomic mass is 11.2. The molecule has 56 valence electrons. The number of alkyl halides is 4. The number of ether oxygens (including phenoxy) is 2. The van der Waals surface area contributed by atoms with E-state index in [1.807, 2.05) is 0 Å². The molecule has 0 bridgehead atoms. The fourth-order valence-corrected chi connectivity index (χ4v) is 0.153. The first kappa shape index (κ1) is 8.64. The van der Waals surface area contributed by atoms with E-state index in [1.54, 1.807) is 0 Å². The summed E-state index contributed by atoms with van der Waals surface area (Å²) in [4.78, 5) is 0. The van der Waals surface area contributed by atoms with Gasteiger partial charge in [-0.3, -0.25) is 0 Å². The first-order valence-electron chi connectivity index (χ1n) is 1.87. The second-order valence-corrected chi connectivity index (χ2v) is 1.07. The van der Waals surface area contributed by atoms with Crippen molar-refractivity contribution < 1.29 is 27.0 Å². The van der Waals surface area contributed by atoms with E-state index in [0.717, 1.165) is 7.11 Å². The Kier molecular flexibility index (Phi) is 2.86. The summed E-state index contributed by atoms with van der Waals surface area (Å²) < 4.78 is 50.5. The van der Waals surface area contributed by atoms with Gasteiger partial charge in [0.05, 0.1) is 0 Å². The molecule has 0 aliphatic rings. The Morgan fingerprint density at radius 1 is 1.33 bits per heavy atom. The minimum absolute atomic E-state index is 0.760. The third kappa shape index (κ3) is 5.51. The standard InChI is InChI=1S/C3H4F4O2/c1-8-2(4)9-3(5,6)7/h2H,1H3. The molecular weight excluding hydrogens is 144 g/mol. The van der Waals surface area contributed by atoms with E-state index in [9.17, 15) is 17.6 Å². The van der Waals surface area contributed by atoms with Crippen molar-refractivity contribution in [3.8, 4) is 0 Å². The lowest BCUT2D eigenvalue weighted by Gasteiger charge is -2.08. The Balaban J connectivity index is 3.47. The van der Waals surface area contributed by atoms with Gasteiger partial charge in [-0.05, 0) is 0 Å². The molecule has 0 spiro atoms. The van der Waals surface area contributed by atoms with Crippen LogP contribution in [0.3, 0.4) is 0 Å². The third-order valence-electron chi connectivity index (χ3n) is 0.412. The SMILES string of the molecule is COC(F)OC(F)(F)F. The number of hydrogen-bond donors (Lipinski definition) is 0. The maximum Gasteiger partial charge on any atom is 0.526 e. The third-order valence-corrected chi connectivity index (χ3v) is 0.412. The summed E-state index contributed by atoms with van der Waals surface area (Å²) >= 11 is 0. The topological polar surface area (TPSA) is 18.5 Å². The second-order valence-electron chi connectivity index (χ2n) is 1.07. The summed E-state index contributed by atoms with van der Waals surface area (Å²) in [5, 5.41) is 0. The molecule has 0 aromatic heterocycles. The van der Waals surface area contributed by atoms with Crippen LogP contribution in [0.25, 0.3) is 0 Å². The fourth-order valence-electron chi connectivity index (χ4n) is 0.153. The van der Waals surface area contributed by atoms with E-state index in [0.29, 0.717) is 0 Å². The maximum atomic E-state index is 11.5. The molecule has 0 saturated heterocycles. The molecule has 0 aliphatic heterocycles. The van der Waals surface area contributed by atoms with Gasteiger partial charge in [0.2, 0.25) is 0 Å². The molecular formula is C3H4F4O2. The lowest BCUT2D eigenvalue weighted by Crippen LogP contribution is -2.21. The molecule has 0 N–H and O–H groups in total. The molecule has 1 atom stereocenters. The van der Waals surface area contributed by atoms with Crippen LogP contribution in [0.1, 0.15) is 0 Å². The average Bonchev–Trinajstić information content (AvgIpc) is 1.62. The molecule has 0 saturated carbocycles. The van der Waals surface area contributed by atoms with Crippen LogP contribution in [0.5, 0.6) is 0 Å². The van der Waals surface area contributed by atoms with Crippen LogP contribution < -0.4 is 0 Å². The smallest absolute Gasteiger partial charge is 0.330 e. The van der Waals surface area contributed by atoms with Crippen molar-refractivity contribution in [2.75, 3.05) is 7.11 Å². The van der Waals surface area contributed by atoms with E-state index < -0.39 is 12.9 Å². The van der Waals surface area contributed by atoms with Crippen molar-refractivity contribution in [2.24, 2.45) is 0 Å². The van der Waals surface area contributed by atoms with Gasteiger partial charge in [-0.15, -0.1) is 13.2 Å². The fraction of sp³-hybridized carbons (Fsp3) is 1.00. The molecule has 0 amide bonds. The summed E-state index contributed by atoms with van der Waals surface area (Å²) in [5.74, 6) is 0. The van der Waals surface area contributed by atoms with Crippen LogP contribution in [-0.2, 0) is 9.47 Å². The Morgan fingerprint density at radius 3 is 1.89 bits per heavy atom. The molecule has 0 rings (SSSR count). The monoisotopic (exact) mass is 148 g/mol. The number of rotatable bonds is 2. The van der Waals surface area contributed by atoms with Crippen LogP contribution >= 0.6 is 0 Å². The van der Waals surface area contributed by atoms with Gasteiger partial charge >= 0.3 is 12.9 Å². The highest BCUT2D eigenvalue weighted by Gasteiger charge is 2.33. The van der Waals surface area contributed by atoms with E-state index >= 15 is 0 Å². The molecule has 0 heterocycles. The molecule has 0 radical (unpaired) electrons. The molecule has 9 heavy (non-hydrogen) atoms. The van der Waals surface area contributed by atoms with E-state index in [2.05, 4.69) is 9.47 Å². The van der Waals surface area contributed by atoms with Crippen LogP contribution in [0.2, 0.25) is 0 Å². The van der Waals surface area contributed by atoms with Gasteiger partial charge in [0, 0.05) is 7.11 Å². The minimum Gasteiger partial charge on any atom is -0.330 e. The van der Waals surface area contributed by atoms with Gasteiger partial charge < -0.3 is 4.74 Å². The number of methoxy groups -OCH3 is 1. The molecule has 1 unspecified atom stereocenters. The summed E-state index contributed by atoms with van der Waals surface area (Å²) in [7, 11) is 0.760. The Bertz CT molecular complexity index is 80.4. The normalized spacial score (nSPS) is 15.7. The van der Waals surface area contributed by atoms with E-state index in [1.165, 1.54) is 0 Å². The quantitative estimate of drug-likeness (QED) is 0.435. The maximum absolute atomic E-state index is 11.5. The summed E-state index contributed by atoms with van der Waals surface area (Å²) in [5.41, 5.74) is 0. The van der Waals surface area contributed by atoms with Crippen molar-refractivity contribution in [1.82, 2.24) is 0 Å². The molecule has 0 aromatic rings. The number of hydrogen-bond acceptors (Lipinski definition) is 2. The van der Waals surface area contributed by atoms with Crippen molar-refractivity contribution in [1.29, 1.82) is 0 Å². The van der Waals surface area contributed by atoms with Gasteiger partial charge in [-0.2, -0.15) is 4.39 Å². The van der Waals surface area contributed by atoms with Gasteiger partial charge in [0.25, 0.3) is 0 Å². The zero-order chi connectivity index (χ0) is 7.49. The highest BCUT2D eigenvalue weighted by atomic mass is 19.4. The zero-order valence-electron chi connectivity index (χ0n) is 4.41. The second kappa shape index (κ2) is 2.98. The highest BCUT2D eigenvalue weighted by molar-refractivity contribution is 4.23. The zero-order valence-corrected chi connectivity index (χ0v) is 4.41. The Morgan fingerprint density at radius 2 is 1.78 bits per heavy atom. The van der Waals surface area contributed by atoms with Gasteiger partial charge in [-0.25, -0.2) is 4.74 Å². The molecule has 2 nitrogen and oxygen atoms in total. The first-order chi connectivity index (χ1) is 3.95. The van der Waals surface area contributed by atoms with Crippen LogP contribution in [0.15, 0.2) is 0 Å². The van der Waals surface area contributed by atoms with Crippen molar-refractivity contribution >= 4 is 0 Å². The van der Waals surface area contributed by atoms with Crippen LogP contribution in [0.4, 0.5) is 17.6 Å². The summed E-state index contributed by atoms with van der Waals surface area (Å²) in [6.45, 7) is -2.73.